The van der Waals surface area contributed by atoms with Gasteiger partial charge in [-0.3, -0.25) is 9.59 Å². The van der Waals surface area contributed by atoms with Crippen molar-refractivity contribution in [3.63, 3.8) is 0 Å². The zero-order valence-electron chi connectivity index (χ0n) is 16.3. The number of carbonyl (C=O) groups excluding carboxylic acids is 1. The summed E-state index contributed by atoms with van der Waals surface area (Å²) in [6.45, 7) is 3.95. The molecular weight excluding hydrogens is 422 g/mol. The van der Waals surface area contributed by atoms with Gasteiger partial charge < -0.3 is 10.3 Å². The van der Waals surface area contributed by atoms with Crippen molar-refractivity contribution in [2.45, 2.75) is 19.0 Å². The molecule has 9 heteroatoms. The van der Waals surface area contributed by atoms with Crippen molar-refractivity contribution < 1.29 is 4.79 Å². The summed E-state index contributed by atoms with van der Waals surface area (Å²) in [6, 6.07) is 12.8. The molecule has 0 unspecified atom stereocenters. The maximum atomic E-state index is 12.4. The van der Waals surface area contributed by atoms with Crippen LogP contribution in [0.5, 0.6) is 0 Å². The number of fused-ring (bicyclic) bond motifs is 1. The second-order valence-corrected chi connectivity index (χ2v) is 8.13. The Morgan fingerprint density at radius 2 is 1.97 bits per heavy atom. The van der Waals surface area contributed by atoms with Gasteiger partial charge in [0.05, 0.1) is 17.6 Å². The van der Waals surface area contributed by atoms with E-state index in [1.54, 1.807) is 28.9 Å². The summed E-state index contributed by atoms with van der Waals surface area (Å²) in [7, 11) is 0. The predicted molar refractivity (Wildman–Crippen MR) is 120 cm³/mol. The number of nitrogens with one attached hydrogen (secondary N) is 2. The van der Waals surface area contributed by atoms with Gasteiger partial charge in [0, 0.05) is 10.7 Å². The Labute approximate surface area is 181 Å². The number of anilines is 1. The van der Waals surface area contributed by atoms with Gasteiger partial charge in [0.15, 0.2) is 10.8 Å². The summed E-state index contributed by atoms with van der Waals surface area (Å²) in [4.78, 5) is 32.0. The topological polar surface area (TPSA) is 92.7 Å². The molecule has 30 heavy (non-hydrogen) atoms. The van der Waals surface area contributed by atoms with E-state index in [9.17, 15) is 9.59 Å². The molecule has 7 nitrogen and oxygen atoms in total. The normalized spacial score (nSPS) is 11.0. The number of rotatable bonds is 5. The molecule has 4 rings (SSSR count). The Bertz CT molecular complexity index is 1300. The average Bonchev–Trinajstić information content (AvgIpc) is 3.15. The Morgan fingerprint density at radius 1 is 1.20 bits per heavy atom. The van der Waals surface area contributed by atoms with Crippen molar-refractivity contribution in [3.05, 3.63) is 75.2 Å². The quantitative estimate of drug-likeness (QED) is 0.360. The zero-order chi connectivity index (χ0) is 21.3. The Kier molecular flexibility index (Phi) is 5.61. The molecule has 0 radical (unpaired) electrons. The minimum Gasteiger partial charge on any atom is -0.325 e. The standard InChI is InChI=1S/C21H18ClN5O2S/c1-12-4-3-5-17(13(12)2)24-18(28)11-30-21-25-19-16(20(29)26-21)10-23-27(19)15-8-6-14(22)7-9-15/h3-10H,11H2,1-2H3,(H,24,28)(H,25,26,29). The van der Waals surface area contributed by atoms with Gasteiger partial charge in [-0.25, -0.2) is 9.67 Å². The van der Waals surface area contributed by atoms with Gasteiger partial charge in [0.25, 0.3) is 5.56 Å². The summed E-state index contributed by atoms with van der Waals surface area (Å²) in [6.07, 6.45) is 1.47. The summed E-state index contributed by atoms with van der Waals surface area (Å²) in [5.41, 5.74) is 3.74. The highest BCUT2D eigenvalue weighted by Crippen LogP contribution is 2.21. The number of hydrogen-bond acceptors (Lipinski definition) is 5. The monoisotopic (exact) mass is 439 g/mol. The van der Waals surface area contributed by atoms with E-state index in [4.69, 9.17) is 11.6 Å². The van der Waals surface area contributed by atoms with Crippen LogP contribution in [-0.4, -0.2) is 31.4 Å². The average molecular weight is 440 g/mol. The fourth-order valence-electron chi connectivity index (χ4n) is 2.94. The molecule has 152 valence electrons. The van der Waals surface area contributed by atoms with Crippen LogP contribution in [0, 0.1) is 13.8 Å². The third-order valence-electron chi connectivity index (χ3n) is 4.71. The molecule has 0 atom stereocenters. The number of carbonyl (C=O) groups is 1. The van der Waals surface area contributed by atoms with Crippen molar-refractivity contribution in [2.75, 3.05) is 11.1 Å². The van der Waals surface area contributed by atoms with Crippen LogP contribution in [0.4, 0.5) is 5.69 Å². The number of aromatic nitrogens is 4. The molecular formula is C21H18ClN5O2S. The highest BCUT2D eigenvalue weighted by atomic mass is 35.5. The molecule has 0 saturated carbocycles. The fraction of sp³-hybridized carbons (Fsp3) is 0.143. The predicted octanol–water partition coefficient (Wildman–Crippen LogP) is 4.11. The minimum absolute atomic E-state index is 0.108. The maximum absolute atomic E-state index is 12.4. The number of H-pyrrole nitrogens is 1. The molecule has 0 saturated heterocycles. The van der Waals surface area contributed by atoms with Crippen molar-refractivity contribution in [2.24, 2.45) is 0 Å². The van der Waals surface area contributed by atoms with Crippen molar-refractivity contribution in [3.8, 4) is 5.69 Å². The molecule has 2 heterocycles. The lowest BCUT2D eigenvalue weighted by Gasteiger charge is -2.10. The zero-order valence-corrected chi connectivity index (χ0v) is 17.8. The highest BCUT2D eigenvalue weighted by Gasteiger charge is 2.13. The van der Waals surface area contributed by atoms with Gasteiger partial charge in [0.2, 0.25) is 5.91 Å². The molecule has 0 aliphatic carbocycles. The molecule has 2 aromatic carbocycles. The summed E-state index contributed by atoms with van der Waals surface area (Å²) < 4.78 is 1.57. The van der Waals surface area contributed by atoms with Gasteiger partial charge in [-0.1, -0.05) is 35.5 Å². The van der Waals surface area contributed by atoms with Crippen LogP contribution < -0.4 is 10.9 Å². The first-order valence-electron chi connectivity index (χ1n) is 9.15. The van der Waals surface area contributed by atoms with Crippen molar-refractivity contribution in [1.29, 1.82) is 0 Å². The number of aryl methyl sites for hydroxylation is 1. The lowest BCUT2D eigenvalue weighted by molar-refractivity contribution is -0.113. The lowest BCUT2D eigenvalue weighted by atomic mass is 10.1. The van der Waals surface area contributed by atoms with Crippen LogP contribution in [0.3, 0.4) is 0 Å². The van der Waals surface area contributed by atoms with Crippen molar-refractivity contribution >= 4 is 46.0 Å². The third-order valence-corrected chi connectivity index (χ3v) is 5.83. The molecule has 0 bridgehead atoms. The van der Waals surface area contributed by atoms with Crippen LogP contribution in [0.2, 0.25) is 5.02 Å². The third kappa shape index (κ3) is 4.10. The van der Waals surface area contributed by atoms with Crippen LogP contribution >= 0.6 is 23.4 Å². The van der Waals surface area contributed by atoms with Gasteiger partial charge in [-0.2, -0.15) is 5.10 Å². The van der Waals surface area contributed by atoms with E-state index >= 15 is 0 Å². The number of halogens is 1. The Balaban J connectivity index is 1.55. The molecule has 0 fully saturated rings. The second kappa shape index (κ2) is 8.33. The number of hydrogen-bond donors (Lipinski definition) is 2. The summed E-state index contributed by atoms with van der Waals surface area (Å²) in [5, 5.41) is 8.49. The van der Waals surface area contributed by atoms with Crippen LogP contribution in [-0.2, 0) is 4.79 Å². The Morgan fingerprint density at radius 3 is 2.73 bits per heavy atom. The molecule has 2 aromatic heterocycles. The second-order valence-electron chi connectivity index (χ2n) is 6.73. The first-order valence-corrected chi connectivity index (χ1v) is 10.5. The van der Waals surface area contributed by atoms with Crippen LogP contribution in [0.1, 0.15) is 11.1 Å². The van der Waals surface area contributed by atoms with E-state index < -0.39 is 0 Å². The first-order chi connectivity index (χ1) is 14.4. The van der Waals surface area contributed by atoms with E-state index in [0.29, 0.717) is 21.2 Å². The maximum Gasteiger partial charge on any atom is 0.262 e. The van der Waals surface area contributed by atoms with Gasteiger partial charge in [0.1, 0.15) is 5.39 Å². The molecule has 0 aliphatic heterocycles. The SMILES string of the molecule is Cc1cccc(NC(=O)CSc2nc3c(cnn3-c3ccc(Cl)cc3)c(=O)[nH]2)c1C. The van der Waals surface area contributed by atoms with Crippen molar-refractivity contribution in [1.82, 2.24) is 19.7 Å². The van der Waals surface area contributed by atoms with Crippen LogP contribution in [0.15, 0.2) is 58.6 Å². The van der Waals surface area contributed by atoms with E-state index in [1.807, 2.05) is 32.0 Å². The first kappa shape index (κ1) is 20.2. The summed E-state index contributed by atoms with van der Waals surface area (Å²) >= 11 is 7.10. The molecule has 4 aromatic rings. The van der Waals surface area contributed by atoms with Gasteiger partial charge in [-0.05, 0) is 55.3 Å². The van der Waals surface area contributed by atoms with E-state index in [0.717, 1.165) is 34.3 Å². The molecule has 0 aliphatic rings. The summed E-state index contributed by atoms with van der Waals surface area (Å²) in [5.74, 6) is -0.0701. The fourth-order valence-corrected chi connectivity index (χ4v) is 3.73. The number of aromatic amines is 1. The molecule has 2 N–H and O–H groups in total. The van der Waals surface area contributed by atoms with Gasteiger partial charge >= 0.3 is 0 Å². The number of thioether (sulfide) groups is 1. The molecule has 0 spiro atoms. The Hall–Kier alpha value is -3.10. The van der Waals surface area contributed by atoms with E-state index in [2.05, 4.69) is 20.4 Å². The van der Waals surface area contributed by atoms with Crippen LogP contribution in [0.25, 0.3) is 16.7 Å². The number of nitrogens with zero attached hydrogens (tertiary/aromatic N) is 3. The largest absolute Gasteiger partial charge is 0.325 e. The highest BCUT2D eigenvalue weighted by molar-refractivity contribution is 7.99. The minimum atomic E-state index is -0.308. The van der Waals surface area contributed by atoms with E-state index in [1.165, 1.54) is 6.20 Å². The van der Waals surface area contributed by atoms with Gasteiger partial charge in [-0.15, -0.1) is 0 Å². The lowest BCUT2D eigenvalue weighted by Crippen LogP contribution is -2.16. The number of benzene rings is 2. The van der Waals surface area contributed by atoms with E-state index in [-0.39, 0.29) is 17.2 Å². The number of amides is 1. The smallest absolute Gasteiger partial charge is 0.262 e. The molecule has 1 amide bonds.